The van der Waals surface area contributed by atoms with Gasteiger partial charge in [-0.2, -0.15) is 0 Å². The lowest BCUT2D eigenvalue weighted by Crippen LogP contribution is -2.10. The van der Waals surface area contributed by atoms with Crippen molar-refractivity contribution in [3.05, 3.63) is 224 Å². The van der Waals surface area contributed by atoms with Gasteiger partial charge in [0.25, 0.3) is 0 Å². The van der Waals surface area contributed by atoms with Gasteiger partial charge in [-0.15, -0.1) is 0 Å². The molecule has 4 nitrogen and oxygen atoms in total. The number of aryl methyl sites for hydroxylation is 1. The van der Waals surface area contributed by atoms with Crippen LogP contribution < -0.4 is 4.90 Å². The van der Waals surface area contributed by atoms with Crippen LogP contribution in [0.5, 0.6) is 0 Å². The van der Waals surface area contributed by atoms with Gasteiger partial charge in [-0.3, -0.25) is 4.98 Å². The maximum Gasteiger partial charge on any atom is 0.0655 e. The highest BCUT2D eigenvalue weighted by molar-refractivity contribution is 5.91. The molecule has 10 aromatic rings. The van der Waals surface area contributed by atoms with Crippen LogP contribution in [0.1, 0.15) is 18.2 Å². The van der Waals surface area contributed by atoms with E-state index in [1.54, 1.807) is 0 Å². The van der Waals surface area contributed by atoms with Crippen LogP contribution in [0.3, 0.4) is 0 Å². The van der Waals surface area contributed by atoms with Gasteiger partial charge in [0.05, 0.1) is 28.1 Å². The number of pyridine rings is 1. The number of anilines is 3. The molecule has 0 aliphatic carbocycles. The number of allylic oxidation sites excluding steroid dienone is 1. The number of para-hydroxylation sites is 4. The second-order valence-electron chi connectivity index (χ2n) is 14.9. The number of fused-ring (bicyclic) bond motifs is 2. The number of nitrogens with zero attached hydrogens (tertiary/aromatic N) is 4. The SMILES string of the molecule is C/C=C\c1ncc(-c2ccc(N(c3ccc(-c4cc5ccccc5n4-c4ccccc4)cc3)c3ccc(-c4cc5ccccc5n4-c4ccccc4)cc3)cc2)cc1C. The van der Waals surface area contributed by atoms with E-state index in [0.717, 1.165) is 73.3 Å². The zero-order valence-electron chi connectivity index (χ0n) is 33.1. The molecule has 0 amide bonds. The summed E-state index contributed by atoms with van der Waals surface area (Å²) in [6, 6.07) is 72.0. The maximum absolute atomic E-state index is 4.74. The molecule has 0 atom stereocenters. The lowest BCUT2D eigenvalue weighted by atomic mass is 10.0. The maximum atomic E-state index is 4.74. The van der Waals surface area contributed by atoms with Gasteiger partial charge in [-0.1, -0.05) is 115 Å². The summed E-state index contributed by atoms with van der Waals surface area (Å²) in [5.41, 5.74) is 16.9. The third kappa shape index (κ3) is 6.71. The van der Waals surface area contributed by atoms with Crippen molar-refractivity contribution < 1.29 is 0 Å². The average molecular weight is 759 g/mol. The van der Waals surface area contributed by atoms with Crippen molar-refractivity contribution in [2.24, 2.45) is 0 Å². The van der Waals surface area contributed by atoms with Crippen molar-refractivity contribution >= 4 is 44.9 Å². The highest BCUT2D eigenvalue weighted by atomic mass is 15.1. The van der Waals surface area contributed by atoms with E-state index < -0.39 is 0 Å². The van der Waals surface area contributed by atoms with Crippen LogP contribution in [0.4, 0.5) is 17.1 Å². The van der Waals surface area contributed by atoms with Crippen molar-refractivity contribution in [3.8, 4) is 45.0 Å². The molecule has 0 aliphatic heterocycles. The van der Waals surface area contributed by atoms with Gasteiger partial charge in [0.1, 0.15) is 0 Å². The second-order valence-corrected chi connectivity index (χ2v) is 14.9. The van der Waals surface area contributed by atoms with Crippen LogP contribution in [0.2, 0.25) is 0 Å². The molecule has 0 unspecified atom stereocenters. The molecular weight excluding hydrogens is 717 g/mol. The molecule has 0 radical (unpaired) electrons. The summed E-state index contributed by atoms with van der Waals surface area (Å²) in [5, 5.41) is 2.43. The predicted octanol–water partition coefficient (Wildman–Crippen LogP) is 14.8. The highest BCUT2D eigenvalue weighted by Gasteiger charge is 2.18. The molecule has 7 aromatic carbocycles. The quantitative estimate of drug-likeness (QED) is 0.146. The topological polar surface area (TPSA) is 26.0 Å². The number of benzene rings is 7. The third-order valence-corrected chi connectivity index (χ3v) is 11.2. The summed E-state index contributed by atoms with van der Waals surface area (Å²) in [5.74, 6) is 0. The molecule has 3 heterocycles. The molecule has 0 fully saturated rings. The number of rotatable bonds is 9. The Hall–Kier alpha value is -7.69. The molecule has 0 aliphatic rings. The number of aromatic nitrogens is 3. The molecule has 0 bridgehead atoms. The van der Waals surface area contributed by atoms with Crippen LogP contribution in [-0.4, -0.2) is 14.1 Å². The summed E-state index contributed by atoms with van der Waals surface area (Å²) in [7, 11) is 0. The highest BCUT2D eigenvalue weighted by Crippen LogP contribution is 2.40. The van der Waals surface area contributed by atoms with Crippen molar-refractivity contribution in [3.63, 3.8) is 0 Å². The van der Waals surface area contributed by atoms with Crippen molar-refractivity contribution in [1.29, 1.82) is 0 Å². The molecule has 4 heteroatoms. The van der Waals surface area contributed by atoms with E-state index in [-0.39, 0.29) is 0 Å². The Labute approximate surface area is 345 Å². The lowest BCUT2D eigenvalue weighted by molar-refractivity contribution is 1.13. The molecular formula is C55H42N4. The zero-order chi connectivity index (χ0) is 39.7. The van der Waals surface area contributed by atoms with Gasteiger partial charge in [0.2, 0.25) is 0 Å². The first kappa shape index (κ1) is 35.7. The van der Waals surface area contributed by atoms with E-state index in [1.165, 1.54) is 21.8 Å². The Morgan fingerprint density at radius 3 is 1.31 bits per heavy atom. The van der Waals surface area contributed by atoms with E-state index in [2.05, 4.69) is 227 Å². The number of hydrogen-bond donors (Lipinski definition) is 0. The molecule has 282 valence electrons. The van der Waals surface area contributed by atoms with Crippen LogP contribution >= 0.6 is 0 Å². The van der Waals surface area contributed by atoms with Crippen molar-refractivity contribution in [1.82, 2.24) is 14.1 Å². The van der Waals surface area contributed by atoms with Gasteiger partial charge in [0, 0.05) is 51.0 Å². The molecule has 3 aromatic heterocycles. The minimum atomic E-state index is 0.999. The Bertz CT molecular complexity index is 2920. The molecule has 0 N–H and O–H groups in total. The normalized spacial score (nSPS) is 11.5. The van der Waals surface area contributed by atoms with Gasteiger partial charge in [0.15, 0.2) is 0 Å². The van der Waals surface area contributed by atoms with E-state index in [9.17, 15) is 0 Å². The van der Waals surface area contributed by atoms with Crippen LogP contribution in [0.15, 0.2) is 212 Å². The van der Waals surface area contributed by atoms with E-state index in [1.807, 2.05) is 19.2 Å². The summed E-state index contributed by atoms with van der Waals surface area (Å²) < 4.78 is 4.71. The summed E-state index contributed by atoms with van der Waals surface area (Å²) in [6.07, 6.45) is 6.05. The first-order chi connectivity index (χ1) is 29.1. The molecule has 0 saturated carbocycles. The summed E-state index contributed by atoms with van der Waals surface area (Å²) in [4.78, 5) is 7.08. The number of hydrogen-bond acceptors (Lipinski definition) is 2. The van der Waals surface area contributed by atoms with Crippen LogP contribution in [0.25, 0.3) is 72.9 Å². The van der Waals surface area contributed by atoms with Crippen LogP contribution in [-0.2, 0) is 0 Å². The summed E-state index contributed by atoms with van der Waals surface area (Å²) >= 11 is 0. The lowest BCUT2D eigenvalue weighted by Gasteiger charge is -2.26. The smallest absolute Gasteiger partial charge is 0.0655 e. The first-order valence-electron chi connectivity index (χ1n) is 20.2. The second kappa shape index (κ2) is 15.3. The van der Waals surface area contributed by atoms with Crippen molar-refractivity contribution in [2.45, 2.75) is 13.8 Å². The van der Waals surface area contributed by atoms with Gasteiger partial charge >= 0.3 is 0 Å². The molecule has 10 rings (SSSR count). The van der Waals surface area contributed by atoms with Crippen molar-refractivity contribution in [2.75, 3.05) is 4.90 Å². The summed E-state index contributed by atoms with van der Waals surface area (Å²) in [6.45, 7) is 4.14. The molecule has 59 heavy (non-hydrogen) atoms. The fourth-order valence-electron chi connectivity index (χ4n) is 8.33. The molecule has 0 spiro atoms. The monoisotopic (exact) mass is 758 g/mol. The average Bonchev–Trinajstić information content (AvgIpc) is 3.88. The molecule has 0 saturated heterocycles. The Morgan fingerprint density at radius 2 is 0.864 bits per heavy atom. The fraction of sp³-hybridized carbons (Fsp3) is 0.0364. The van der Waals surface area contributed by atoms with E-state index in [0.29, 0.717) is 0 Å². The standard InChI is InChI=1S/C55H42N4/c1-3-14-51-39(2)35-45(38-56-51)40-23-29-48(30-24-40)57(49-31-25-41(26-32-49)54-36-43-15-10-12-21-52(43)58(54)46-17-6-4-7-18-46)50-33-27-42(28-34-50)55-37-44-16-11-13-22-53(44)59(55)47-19-8-5-9-20-47/h3-38H,1-2H3/b14-3-. The van der Waals surface area contributed by atoms with E-state index >= 15 is 0 Å². The third-order valence-electron chi connectivity index (χ3n) is 11.2. The van der Waals surface area contributed by atoms with Gasteiger partial charge < -0.3 is 14.0 Å². The predicted molar refractivity (Wildman–Crippen MR) is 248 cm³/mol. The minimum absolute atomic E-state index is 0.999. The Balaban J connectivity index is 1.06. The fourth-order valence-corrected chi connectivity index (χ4v) is 8.33. The Kier molecular flexibility index (Phi) is 9.28. The van der Waals surface area contributed by atoms with Gasteiger partial charge in [-0.05, 0) is 133 Å². The largest absolute Gasteiger partial charge is 0.311 e. The Morgan fingerprint density at radius 1 is 0.441 bits per heavy atom. The minimum Gasteiger partial charge on any atom is -0.311 e. The zero-order valence-corrected chi connectivity index (χ0v) is 33.1. The van der Waals surface area contributed by atoms with E-state index in [4.69, 9.17) is 4.98 Å². The van der Waals surface area contributed by atoms with Gasteiger partial charge in [-0.25, -0.2) is 0 Å². The first-order valence-corrected chi connectivity index (χ1v) is 20.2. The van der Waals surface area contributed by atoms with Crippen LogP contribution in [0, 0.1) is 6.92 Å².